The fourth-order valence-electron chi connectivity index (χ4n) is 3.04. The summed E-state index contributed by atoms with van der Waals surface area (Å²) >= 11 is 0. The third kappa shape index (κ3) is 2.43. The summed E-state index contributed by atoms with van der Waals surface area (Å²) in [6.45, 7) is -0.176. The zero-order valence-corrected chi connectivity index (χ0v) is 12.3. The van der Waals surface area contributed by atoms with Crippen LogP contribution in [-0.4, -0.2) is 41.0 Å². The second kappa shape index (κ2) is 5.60. The van der Waals surface area contributed by atoms with E-state index in [0.29, 0.717) is 16.7 Å². The van der Waals surface area contributed by atoms with Gasteiger partial charge in [-0.25, -0.2) is 4.79 Å². The number of nitrogens with one attached hydrogen (secondary N) is 1. The van der Waals surface area contributed by atoms with E-state index in [1.54, 1.807) is 0 Å². The Morgan fingerprint density at radius 3 is 2.70 bits per heavy atom. The Bertz CT molecular complexity index is 751. The average molecular weight is 317 g/mol. The Morgan fingerprint density at radius 2 is 2.00 bits per heavy atom. The molecule has 23 heavy (non-hydrogen) atoms. The van der Waals surface area contributed by atoms with Gasteiger partial charge >= 0.3 is 6.09 Å². The van der Waals surface area contributed by atoms with Gasteiger partial charge in [-0.15, -0.1) is 0 Å². The van der Waals surface area contributed by atoms with Crippen LogP contribution in [0.15, 0.2) is 18.2 Å². The van der Waals surface area contributed by atoms with Crippen LogP contribution in [0.5, 0.6) is 0 Å². The molecule has 0 aromatic heterocycles. The highest BCUT2D eigenvalue weighted by atomic mass is 16.5. The van der Waals surface area contributed by atoms with Crippen LogP contribution in [-0.2, 0) is 17.8 Å². The van der Waals surface area contributed by atoms with Gasteiger partial charge in [-0.05, 0) is 34.9 Å². The van der Waals surface area contributed by atoms with E-state index < -0.39 is 18.3 Å². The average Bonchev–Trinajstić information content (AvgIpc) is 2.83. The molecule has 2 atom stereocenters. The topological polar surface area (TPSA) is 113 Å². The number of ketones is 2. The lowest BCUT2D eigenvalue weighted by atomic mass is 9.86. The molecule has 2 unspecified atom stereocenters. The molecule has 2 aliphatic rings. The van der Waals surface area contributed by atoms with E-state index in [9.17, 15) is 24.6 Å². The number of hydrogen-bond donors (Lipinski definition) is 3. The molecule has 1 aromatic carbocycles. The number of amides is 1. The number of allylic oxidation sites excluding steroid dienone is 2. The third-order valence-electron chi connectivity index (χ3n) is 4.10. The van der Waals surface area contributed by atoms with E-state index >= 15 is 0 Å². The lowest BCUT2D eigenvalue weighted by Crippen LogP contribution is -2.21. The van der Waals surface area contributed by atoms with Gasteiger partial charge in [0.2, 0.25) is 0 Å². The van der Waals surface area contributed by atoms with Crippen LogP contribution in [0.4, 0.5) is 4.79 Å². The fraction of sp³-hybridized carbons (Fsp3) is 0.312. The minimum atomic E-state index is -1.19. The molecule has 7 heteroatoms. The van der Waals surface area contributed by atoms with E-state index in [1.807, 2.05) is 0 Å². The second-order valence-electron chi connectivity index (χ2n) is 5.45. The van der Waals surface area contributed by atoms with Crippen LogP contribution in [0.2, 0.25) is 0 Å². The van der Waals surface area contributed by atoms with Gasteiger partial charge in [0.15, 0.2) is 11.6 Å². The molecule has 3 N–H and O–H groups in total. The molecule has 0 spiro atoms. The predicted octanol–water partition coefficient (Wildman–Crippen LogP) is 0.428. The quantitative estimate of drug-likeness (QED) is 0.729. The summed E-state index contributed by atoms with van der Waals surface area (Å²) in [5.74, 6) is -0.671. The van der Waals surface area contributed by atoms with E-state index in [-0.39, 0.29) is 35.7 Å². The van der Waals surface area contributed by atoms with Crippen molar-refractivity contribution in [3.05, 3.63) is 46.0 Å². The first-order valence-electron chi connectivity index (χ1n) is 7.10. The lowest BCUT2D eigenvalue weighted by Gasteiger charge is -2.18. The number of alkyl carbamates (subject to hydrolysis) is 1. The van der Waals surface area contributed by atoms with Gasteiger partial charge in [-0.2, -0.15) is 0 Å². The number of carbonyl (C=O) groups excluding carboxylic acids is 3. The number of rotatable bonds is 2. The number of ether oxygens (including phenoxy) is 1. The number of benzene rings is 1. The molecule has 1 amide bonds. The van der Waals surface area contributed by atoms with Crippen LogP contribution < -0.4 is 5.32 Å². The fourth-order valence-corrected chi connectivity index (χ4v) is 3.04. The molecule has 0 saturated heterocycles. The summed E-state index contributed by atoms with van der Waals surface area (Å²) in [7, 11) is 1.41. The molecule has 0 radical (unpaired) electrons. The normalized spacial score (nSPS) is 21.9. The number of aliphatic hydroxyl groups excluding tert-OH is 2. The van der Waals surface area contributed by atoms with Crippen LogP contribution in [0.25, 0.3) is 0 Å². The monoisotopic (exact) mass is 317 g/mol. The summed E-state index contributed by atoms with van der Waals surface area (Å²) in [5, 5.41) is 22.4. The van der Waals surface area contributed by atoms with Crippen molar-refractivity contribution in [3.63, 3.8) is 0 Å². The van der Waals surface area contributed by atoms with Crippen molar-refractivity contribution in [1.29, 1.82) is 0 Å². The number of aliphatic hydroxyl groups is 2. The van der Waals surface area contributed by atoms with Crippen molar-refractivity contribution in [2.75, 3.05) is 7.05 Å². The summed E-state index contributed by atoms with van der Waals surface area (Å²) in [4.78, 5) is 35.4. The van der Waals surface area contributed by atoms with E-state index in [4.69, 9.17) is 4.74 Å². The first-order chi connectivity index (χ1) is 10.9. The van der Waals surface area contributed by atoms with Crippen molar-refractivity contribution in [3.8, 4) is 0 Å². The van der Waals surface area contributed by atoms with Crippen molar-refractivity contribution in [2.45, 2.75) is 25.2 Å². The SMILES string of the molecule is CNC(=O)OCc1cc2c(c3c1C(O)C(O)C3)C(=O)C=CC2=O. The van der Waals surface area contributed by atoms with Gasteiger partial charge in [0.25, 0.3) is 0 Å². The predicted molar refractivity (Wildman–Crippen MR) is 78.2 cm³/mol. The lowest BCUT2D eigenvalue weighted by molar-refractivity contribution is 0.0315. The van der Waals surface area contributed by atoms with E-state index in [0.717, 1.165) is 0 Å². The maximum Gasteiger partial charge on any atom is 0.407 e. The molecule has 1 aromatic rings. The highest BCUT2D eigenvalue weighted by Crippen LogP contribution is 2.39. The van der Waals surface area contributed by atoms with Crippen LogP contribution >= 0.6 is 0 Å². The van der Waals surface area contributed by atoms with E-state index in [1.165, 1.54) is 25.3 Å². The Hall–Kier alpha value is -2.51. The van der Waals surface area contributed by atoms with Crippen LogP contribution in [0.1, 0.15) is 43.5 Å². The van der Waals surface area contributed by atoms with Crippen LogP contribution in [0, 0.1) is 0 Å². The Labute approximate surface area is 131 Å². The molecule has 2 aliphatic carbocycles. The van der Waals surface area contributed by atoms with Crippen molar-refractivity contribution in [2.24, 2.45) is 0 Å². The van der Waals surface area contributed by atoms with Gasteiger partial charge in [-0.1, -0.05) is 0 Å². The molecule has 0 bridgehead atoms. The summed E-state index contributed by atoms with van der Waals surface area (Å²) in [6.07, 6.45) is -0.479. The molecule has 0 heterocycles. The molecular weight excluding hydrogens is 302 g/mol. The van der Waals surface area contributed by atoms with Gasteiger partial charge in [0, 0.05) is 24.6 Å². The molecule has 7 nitrogen and oxygen atoms in total. The number of hydrogen-bond acceptors (Lipinski definition) is 6. The Balaban J connectivity index is 2.13. The largest absolute Gasteiger partial charge is 0.445 e. The molecule has 120 valence electrons. The first kappa shape index (κ1) is 15.4. The van der Waals surface area contributed by atoms with Crippen molar-refractivity contribution < 1.29 is 29.3 Å². The zero-order valence-electron chi connectivity index (χ0n) is 12.3. The van der Waals surface area contributed by atoms with Crippen LogP contribution in [0.3, 0.4) is 0 Å². The number of carbonyl (C=O) groups is 3. The minimum absolute atomic E-state index is 0.0690. The van der Waals surface area contributed by atoms with Gasteiger partial charge in [0.1, 0.15) is 12.7 Å². The van der Waals surface area contributed by atoms with E-state index in [2.05, 4.69) is 5.32 Å². The maximum atomic E-state index is 12.1. The molecule has 3 rings (SSSR count). The highest BCUT2D eigenvalue weighted by molar-refractivity contribution is 6.23. The zero-order chi connectivity index (χ0) is 16.7. The Morgan fingerprint density at radius 1 is 1.30 bits per heavy atom. The van der Waals surface area contributed by atoms with Gasteiger partial charge < -0.3 is 20.3 Å². The summed E-state index contributed by atoms with van der Waals surface area (Å²) < 4.78 is 4.98. The van der Waals surface area contributed by atoms with Gasteiger partial charge in [0.05, 0.1) is 6.10 Å². The van der Waals surface area contributed by atoms with Crippen molar-refractivity contribution in [1.82, 2.24) is 5.32 Å². The molecular formula is C16H15NO6. The number of fused-ring (bicyclic) bond motifs is 3. The minimum Gasteiger partial charge on any atom is -0.445 e. The molecule has 0 saturated carbocycles. The summed E-state index contributed by atoms with van der Waals surface area (Å²) in [6, 6.07) is 1.45. The Kier molecular flexibility index (Phi) is 3.75. The highest BCUT2D eigenvalue weighted by Gasteiger charge is 2.37. The smallest absolute Gasteiger partial charge is 0.407 e. The summed E-state index contributed by atoms with van der Waals surface area (Å²) in [5.41, 5.74) is 1.63. The van der Waals surface area contributed by atoms with Gasteiger partial charge in [-0.3, -0.25) is 9.59 Å². The first-order valence-corrected chi connectivity index (χ1v) is 7.10. The van der Waals surface area contributed by atoms with Crippen molar-refractivity contribution >= 4 is 17.7 Å². The second-order valence-corrected chi connectivity index (χ2v) is 5.45. The molecule has 0 aliphatic heterocycles. The molecule has 0 fully saturated rings. The maximum absolute atomic E-state index is 12.1. The third-order valence-corrected chi connectivity index (χ3v) is 4.10. The standard InChI is InChI=1S/C16H15NO6/c1-17-16(22)23-6-7-4-8-10(18)2-3-11(19)14(8)9-5-12(20)15(21)13(7)9/h2-4,12,15,20-21H,5-6H2,1H3,(H,17,22).